The number of morpholine rings is 1. The second-order valence-electron chi connectivity index (χ2n) is 6.13. The maximum Gasteiger partial charge on any atom is 0.341 e. The molecule has 0 unspecified atom stereocenters. The van der Waals surface area contributed by atoms with E-state index in [0.29, 0.717) is 41.2 Å². The van der Waals surface area contributed by atoms with Crippen LogP contribution in [-0.4, -0.2) is 77.4 Å². The predicted molar refractivity (Wildman–Crippen MR) is 112 cm³/mol. The summed E-state index contributed by atoms with van der Waals surface area (Å²) in [6, 6.07) is 4.97. The zero-order valence-electron chi connectivity index (χ0n) is 15.1. The predicted octanol–water partition coefficient (Wildman–Crippen LogP) is 1.65. The summed E-state index contributed by atoms with van der Waals surface area (Å²) in [5.74, 6) is -1.46. The number of ether oxygens (including phenoxy) is 2. The second-order valence-corrected chi connectivity index (χ2v) is 8.29. The molecule has 2 aliphatic heterocycles. The third-order valence-electron chi connectivity index (χ3n) is 4.14. The van der Waals surface area contributed by atoms with Gasteiger partial charge < -0.3 is 19.5 Å². The van der Waals surface area contributed by atoms with Crippen LogP contribution in [0.4, 0.5) is 4.79 Å². The van der Waals surface area contributed by atoms with Gasteiger partial charge in [0.15, 0.2) is 6.61 Å². The summed E-state index contributed by atoms with van der Waals surface area (Å²) < 4.78 is 11.0. The van der Waals surface area contributed by atoms with E-state index in [1.165, 1.54) is 0 Å². The van der Waals surface area contributed by atoms with E-state index in [-0.39, 0.29) is 17.4 Å². The van der Waals surface area contributed by atoms with E-state index in [9.17, 15) is 19.2 Å². The number of aliphatic carboxylic acids is 1. The van der Waals surface area contributed by atoms with Gasteiger partial charge in [-0.2, -0.15) is 0 Å². The van der Waals surface area contributed by atoms with Gasteiger partial charge in [0, 0.05) is 13.1 Å². The van der Waals surface area contributed by atoms with Gasteiger partial charge in [-0.25, -0.2) is 4.79 Å². The monoisotopic (exact) mass is 532 g/mol. The minimum Gasteiger partial charge on any atom is -0.481 e. The molecule has 0 radical (unpaired) electrons. The van der Waals surface area contributed by atoms with Crippen molar-refractivity contribution < 1.29 is 33.8 Å². The summed E-state index contributed by atoms with van der Waals surface area (Å²) in [6.07, 6.45) is 1.56. The first-order valence-corrected chi connectivity index (χ1v) is 10.5. The van der Waals surface area contributed by atoms with Crippen molar-refractivity contribution in [2.45, 2.75) is 0 Å². The fourth-order valence-electron chi connectivity index (χ4n) is 2.70. The Morgan fingerprint density at radius 3 is 2.66 bits per heavy atom. The Bertz CT molecular complexity index is 883. The molecule has 3 rings (SSSR count). The van der Waals surface area contributed by atoms with E-state index in [1.54, 1.807) is 29.2 Å². The quantitative estimate of drug-likeness (QED) is 0.435. The smallest absolute Gasteiger partial charge is 0.341 e. The average Bonchev–Trinajstić information content (AvgIpc) is 2.95. The van der Waals surface area contributed by atoms with E-state index >= 15 is 0 Å². The first kappa shape index (κ1) is 21.6. The van der Waals surface area contributed by atoms with E-state index in [2.05, 4.69) is 0 Å². The number of rotatable bonds is 6. The second kappa shape index (κ2) is 9.59. The summed E-state index contributed by atoms with van der Waals surface area (Å²) >= 11 is 2.78. The van der Waals surface area contributed by atoms with Gasteiger partial charge in [0.2, 0.25) is 5.91 Å². The van der Waals surface area contributed by atoms with Gasteiger partial charge in [-0.3, -0.25) is 19.3 Å². The van der Waals surface area contributed by atoms with Gasteiger partial charge in [-0.15, -0.1) is 0 Å². The Balaban J connectivity index is 1.68. The van der Waals surface area contributed by atoms with Crippen LogP contribution in [-0.2, 0) is 19.1 Å². The van der Waals surface area contributed by atoms with Crippen molar-refractivity contribution in [2.24, 2.45) is 0 Å². The van der Waals surface area contributed by atoms with Gasteiger partial charge in [0.25, 0.3) is 11.1 Å². The highest BCUT2D eigenvalue weighted by atomic mass is 127. The molecule has 0 saturated carbocycles. The number of nitrogens with zero attached hydrogens (tertiary/aromatic N) is 2. The lowest BCUT2D eigenvalue weighted by Gasteiger charge is -2.28. The average molecular weight is 532 g/mol. The first-order chi connectivity index (χ1) is 13.8. The van der Waals surface area contributed by atoms with Gasteiger partial charge in [-0.1, -0.05) is 6.07 Å². The van der Waals surface area contributed by atoms with Crippen LogP contribution in [0.3, 0.4) is 0 Å². The summed E-state index contributed by atoms with van der Waals surface area (Å²) in [5.41, 5.74) is 0.655. The number of carboxylic acid groups (broad SMARTS) is 1. The minimum atomic E-state index is -1.08. The van der Waals surface area contributed by atoms with Crippen LogP contribution in [0.25, 0.3) is 6.08 Å². The van der Waals surface area contributed by atoms with E-state index in [1.807, 2.05) is 22.6 Å². The topological polar surface area (TPSA) is 113 Å². The molecule has 154 valence electrons. The molecule has 0 aliphatic carbocycles. The number of carbonyl (C=O) groups is 4. The van der Waals surface area contributed by atoms with Crippen molar-refractivity contribution in [3.8, 4) is 5.75 Å². The standard InChI is InChI=1S/C18H17IN2O7S/c19-12-7-11(1-2-13(12)28-10-16(23)24)8-14-17(25)21(18(26)29-14)9-15(22)20-3-5-27-6-4-20/h1-2,7-8H,3-6,9-10H2,(H,23,24)/b14-8+. The first-order valence-electron chi connectivity index (χ1n) is 8.60. The fourth-order valence-corrected chi connectivity index (χ4v) is 4.23. The molecule has 1 aromatic rings. The fraction of sp³-hybridized carbons (Fsp3) is 0.333. The number of benzene rings is 1. The molecule has 9 nitrogen and oxygen atoms in total. The number of imide groups is 1. The van der Waals surface area contributed by atoms with E-state index in [0.717, 1.165) is 16.7 Å². The minimum absolute atomic E-state index is 0.222. The number of hydrogen-bond donors (Lipinski definition) is 1. The van der Waals surface area contributed by atoms with Crippen molar-refractivity contribution in [1.82, 2.24) is 9.80 Å². The van der Waals surface area contributed by atoms with Crippen LogP contribution >= 0.6 is 34.4 Å². The van der Waals surface area contributed by atoms with E-state index < -0.39 is 23.7 Å². The zero-order valence-corrected chi connectivity index (χ0v) is 18.1. The van der Waals surface area contributed by atoms with Crippen LogP contribution in [0.15, 0.2) is 23.1 Å². The van der Waals surface area contributed by atoms with Crippen LogP contribution in [0, 0.1) is 3.57 Å². The molecule has 0 atom stereocenters. The summed E-state index contributed by atoms with van der Waals surface area (Å²) in [7, 11) is 0. The number of thioether (sulfide) groups is 1. The Labute approximate surface area is 184 Å². The molecule has 3 amide bonds. The molecule has 11 heteroatoms. The van der Waals surface area contributed by atoms with Gasteiger partial charge >= 0.3 is 5.97 Å². The van der Waals surface area contributed by atoms with Gasteiger partial charge in [-0.05, 0) is 58.1 Å². The molecule has 2 heterocycles. The van der Waals surface area contributed by atoms with Crippen molar-refractivity contribution in [3.63, 3.8) is 0 Å². The zero-order chi connectivity index (χ0) is 21.0. The van der Waals surface area contributed by atoms with E-state index in [4.69, 9.17) is 14.6 Å². The van der Waals surface area contributed by atoms with Crippen molar-refractivity contribution in [1.29, 1.82) is 0 Å². The van der Waals surface area contributed by atoms with Crippen LogP contribution in [0.2, 0.25) is 0 Å². The molecule has 0 bridgehead atoms. The molecular weight excluding hydrogens is 515 g/mol. The lowest BCUT2D eigenvalue weighted by atomic mass is 10.2. The number of amides is 3. The van der Waals surface area contributed by atoms with Crippen LogP contribution in [0.1, 0.15) is 5.56 Å². The number of hydrogen-bond acceptors (Lipinski definition) is 7. The highest BCUT2D eigenvalue weighted by Crippen LogP contribution is 2.33. The highest BCUT2D eigenvalue weighted by molar-refractivity contribution is 14.1. The summed E-state index contributed by atoms with van der Waals surface area (Å²) in [6.45, 7) is 1.03. The largest absolute Gasteiger partial charge is 0.481 e. The number of carboxylic acids is 1. The molecule has 2 fully saturated rings. The van der Waals surface area contributed by atoms with Crippen molar-refractivity contribution in [3.05, 3.63) is 32.2 Å². The lowest BCUT2D eigenvalue weighted by molar-refractivity contribution is -0.139. The number of halogens is 1. The molecule has 2 aliphatic rings. The summed E-state index contributed by atoms with van der Waals surface area (Å²) in [5, 5.41) is 8.20. The third kappa shape index (κ3) is 5.48. The SMILES string of the molecule is O=C(O)COc1ccc(/C=C2/SC(=O)N(CC(=O)N3CCOCC3)C2=O)cc1I. The molecule has 1 N–H and O–H groups in total. The lowest BCUT2D eigenvalue weighted by Crippen LogP contribution is -2.46. The molecule has 0 spiro atoms. The Kier molecular flexibility index (Phi) is 7.14. The molecular formula is C18H17IN2O7S. The maximum absolute atomic E-state index is 12.6. The Morgan fingerprint density at radius 2 is 2.00 bits per heavy atom. The van der Waals surface area contributed by atoms with Crippen LogP contribution < -0.4 is 4.74 Å². The third-order valence-corrected chi connectivity index (χ3v) is 5.89. The molecule has 2 saturated heterocycles. The van der Waals surface area contributed by atoms with Gasteiger partial charge in [0.05, 0.1) is 21.7 Å². The van der Waals surface area contributed by atoms with Crippen molar-refractivity contribution in [2.75, 3.05) is 39.5 Å². The molecule has 1 aromatic carbocycles. The van der Waals surface area contributed by atoms with Crippen molar-refractivity contribution >= 4 is 63.5 Å². The van der Waals surface area contributed by atoms with Gasteiger partial charge in [0.1, 0.15) is 12.3 Å². The Hall–Kier alpha value is -2.12. The normalized spacial score (nSPS) is 18.4. The number of carbonyl (C=O) groups excluding carboxylic acids is 3. The highest BCUT2D eigenvalue weighted by Gasteiger charge is 2.37. The molecule has 0 aromatic heterocycles. The maximum atomic E-state index is 12.6. The molecule has 29 heavy (non-hydrogen) atoms. The Morgan fingerprint density at radius 1 is 1.28 bits per heavy atom. The van der Waals surface area contributed by atoms with Crippen LogP contribution in [0.5, 0.6) is 5.75 Å². The summed E-state index contributed by atoms with van der Waals surface area (Å²) in [4.78, 5) is 50.5.